The average Bonchev–Trinajstić information content (AvgIpc) is 3.42. The van der Waals surface area contributed by atoms with Gasteiger partial charge in [-0.1, -0.05) is 10.4 Å². The number of hydrogen-bond donors (Lipinski definition) is 1. The predicted octanol–water partition coefficient (Wildman–Crippen LogP) is 0.859. The van der Waals surface area contributed by atoms with Crippen molar-refractivity contribution in [3.8, 4) is 5.69 Å². The number of ether oxygens (including phenoxy) is 1. The summed E-state index contributed by atoms with van der Waals surface area (Å²) in [7, 11) is 0. The topological polar surface area (TPSA) is 103 Å². The quantitative estimate of drug-likeness (QED) is 0.657. The van der Waals surface area contributed by atoms with Gasteiger partial charge in [-0.05, 0) is 24.8 Å². The van der Waals surface area contributed by atoms with Gasteiger partial charge >= 0.3 is 0 Å². The Morgan fingerprint density at radius 1 is 1.41 bits per heavy atom. The van der Waals surface area contributed by atoms with Crippen LogP contribution in [0.25, 0.3) is 5.69 Å². The van der Waals surface area contributed by atoms with Crippen molar-refractivity contribution < 1.29 is 13.9 Å². The molecule has 3 heterocycles. The lowest BCUT2D eigenvalue weighted by atomic mass is 10.2. The second-order valence-corrected chi connectivity index (χ2v) is 6.57. The second-order valence-electron chi connectivity index (χ2n) is 6.57. The van der Waals surface area contributed by atoms with E-state index in [-0.39, 0.29) is 17.7 Å². The summed E-state index contributed by atoms with van der Waals surface area (Å²) in [6, 6.07) is 4.77. The van der Waals surface area contributed by atoms with Gasteiger partial charge in [0.05, 0.1) is 32.0 Å². The number of nitrogens with one attached hydrogen (secondary N) is 1. The molecule has 10 nitrogen and oxygen atoms in total. The van der Waals surface area contributed by atoms with Crippen LogP contribution in [0.5, 0.6) is 0 Å². The Morgan fingerprint density at radius 3 is 3.00 bits per heavy atom. The molecule has 1 aliphatic heterocycles. The Hall–Kier alpha value is -3.76. The second kappa shape index (κ2) is 7.70. The highest BCUT2D eigenvalue weighted by Crippen LogP contribution is 2.28. The van der Waals surface area contributed by atoms with Crippen LogP contribution in [0.4, 0.5) is 10.1 Å². The Kier molecular flexibility index (Phi) is 4.94. The molecule has 150 valence electrons. The van der Waals surface area contributed by atoms with E-state index in [0.717, 1.165) is 0 Å². The molecule has 1 saturated heterocycles. The van der Waals surface area contributed by atoms with Crippen LogP contribution < -0.4 is 10.2 Å². The van der Waals surface area contributed by atoms with E-state index in [0.29, 0.717) is 36.9 Å². The van der Waals surface area contributed by atoms with Gasteiger partial charge in [-0.25, -0.2) is 13.8 Å². The molecule has 1 unspecified atom stereocenters. The zero-order valence-electron chi connectivity index (χ0n) is 15.7. The minimum atomic E-state index is -0.460. The first-order valence-corrected chi connectivity index (χ1v) is 8.92. The van der Waals surface area contributed by atoms with Crippen molar-refractivity contribution in [3.05, 3.63) is 60.8 Å². The van der Waals surface area contributed by atoms with Crippen LogP contribution >= 0.6 is 0 Å². The fourth-order valence-electron chi connectivity index (χ4n) is 3.03. The molecule has 1 atom stereocenters. The van der Waals surface area contributed by atoms with Crippen molar-refractivity contribution >= 4 is 11.6 Å². The lowest BCUT2D eigenvalue weighted by Gasteiger charge is -2.17. The number of carbonyl (C=O) groups excluding carboxylic acids is 1. The molecular formula is C18H19FN8O2. The summed E-state index contributed by atoms with van der Waals surface area (Å²) in [6.07, 6.45) is 4.67. The maximum absolute atomic E-state index is 14.8. The summed E-state index contributed by atoms with van der Waals surface area (Å²) >= 11 is 0. The molecule has 0 spiro atoms. The average molecular weight is 398 g/mol. The zero-order chi connectivity index (χ0) is 20.4. The summed E-state index contributed by atoms with van der Waals surface area (Å²) in [5.41, 5.74) is 1.50. The number of rotatable bonds is 6. The lowest BCUT2D eigenvalue weighted by molar-refractivity contribution is -0.119. The van der Waals surface area contributed by atoms with Crippen LogP contribution in [-0.2, 0) is 16.1 Å². The fraction of sp³-hybridized carbons (Fsp3) is 0.278. The standard InChI is InChI=1S/C18H19FN8O2/c1-12(28)20-8-16-11-26(13(2)29-16)15-3-4-18(17(19)7-15)27-10-14(22-24-27)9-25-6-5-21-23-25/h3-7,10,16H,2,8-9,11H2,1H3,(H,20,28). The highest BCUT2D eigenvalue weighted by atomic mass is 19.1. The minimum absolute atomic E-state index is 0.135. The van der Waals surface area contributed by atoms with Crippen LogP contribution in [0.15, 0.2) is 49.3 Å². The van der Waals surface area contributed by atoms with Crippen molar-refractivity contribution in [1.29, 1.82) is 0 Å². The van der Waals surface area contributed by atoms with Crippen LogP contribution in [0, 0.1) is 5.82 Å². The number of hydrogen-bond acceptors (Lipinski definition) is 7. The van der Waals surface area contributed by atoms with Crippen LogP contribution in [0.2, 0.25) is 0 Å². The monoisotopic (exact) mass is 398 g/mol. The van der Waals surface area contributed by atoms with Gasteiger partial charge in [0.15, 0.2) is 11.7 Å². The van der Waals surface area contributed by atoms with Gasteiger partial charge in [0.2, 0.25) is 5.91 Å². The third-order valence-corrected chi connectivity index (χ3v) is 4.40. The lowest BCUT2D eigenvalue weighted by Crippen LogP contribution is -2.33. The van der Waals surface area contributed by atoms with E-state index in [1.54, 1.807) is 40.3 Å². The van der Waals surface area contributed by atoms with Crippen molar-refractivity contribution in [2.45, 2.75) is 19.6 Å². The Labute approximate surface area is 165 Å². The van der Waals surface area contributed by atoms with Gasteiger partial charge in [-0.3, -0.25) is 4.79 Å². The number of benzene rings is 1. The van der Waals surface area contributed by atoms with E-state index in [4.69, 9.17) is 4.74 Å². The van der Waals surface area contributed by atoms with E-state index in [9.17, 15) is 9.18 Å². The summed E-state index contributed by atoms with van der Waals surface area (Å²) in [5.74, 6) is -0.190. The van der Waals surface area contributed by atoms with Crippen LogP contribution in [0.3, 0.4) is 0 Å². The molecule has 11 heteroatoms. The van der Waals surface area contributed by atoms with Gasteiger partial charge in [0, 0.05) is 18.8 Å². The third-order valence-electron chi connectivity index (χ3n) is 4.40. The molecule has 1 aliphatic rings. The number of carbonyl (C=O) groups is 1. The molecule has 1 aromatic carbocycles. The number of amides is 1. The maximum atomic E-state index is 14.8. The van der Waals surface area contributed by atoms with Crippen molar-refractivity contribution in [2.75, 3.05) is 18.0 Å². The summed E-state index contributed by atoms with van der Waals surface area (Å²) < 4.78 is 23.4. The Bertz CT molecular complexity index is 1030. The maximum Gasteiger partial charge on any atom is 0.217 e. The van der Waals surface area contributed by atoms with E-state index in [2.05, 4.69) is 32.5 Å². The first-order valence-electron chi connectivity index (χ1n) is 8.92. The minimum Gasteiger partial charge on any atom is -0.472 e. The summed E-state index contributed by atoms with van der Waals surface area (Å²) in [6.45, 7) is 6.52. The Morgan fingerprint density at radius 2 is 2.28 bits per heavy atom. The first-order chi connectivity index (χ1) is 14.0. The number of anilines is 1. The largest absolute Gasteiger partial charge is 0.472 e. The molecule has 29 heavy (non-hydrogen) atoms. The molecule has 1 N–H and O–H groups in total. The van der Waals surface area contributed by atoms with E-state index in [1.807, 2.05) is 0 Å². The molecule has 0 aliphatic carbocycles. The third kappa shape index (κ3) is 4.08. The normalized spacial score (nSPS) is 16.1. The fourth-order valence-corrected chi connectivity index (χ4v) is 3.03. The van der Waals surface area contributed by atoms with Crippen LogP contribution in [-0.4, -0.2) is 55.1 Å². The van der Waals surface area contributed by atoms with Gasteiger partial charge in [-0.15, -0.1) is 10.2 Å². The van der Waals surface area contributed by atoms with E-state index < -0.39 is 5.82 Å². The van der Waals surface area contributed by atoms with Gasteiger partial charge < -0.3 is 15.0 Å². The number of nitrogens with zero attached hydrogens (tertiary/aromatic N) is 7. The molecule has 3 aromatic rings. The Balaban J connectivity index is 1.48. The first kappa shape index (κ1) is 18.6. The van der Waals surface area contributed by atoms with Gasteiger partial charge in [-0.2, -0.15) is 0 Å². The smallest absolute Gasteiger partial charge is 0.217 e. The predicted molar refractivity (Wildman–Crippen MR) is 100 cm³/mol. The summed E-state index contributed by atoms with van der Waals surface area (Å²) in [5, 5.41) is 18.3. The molecule has 0 radical (unpaired) electrons. The number of halogens is 1. The molecule has 0 bridgehead atoms. The summed E-state index contributed by atoms with van der Waals surface area (Å²) in [4.78, 5) is 12.8. The highest BCUT2D eigenvalue weighted by Gasteiger charge is 2.28. The van der Waals surface area contributed by atoms with Gasteiger partial charge in [0.1, 0.15) is 17.5 Å². The molecule has 0 saturated carbocycles. The van der Waals surface area contributed by atoms with Crippen molar-refractivity contribution in [2.24, 2.45) is 0 Å². The molecule has 1 amide bonds. The zero-order valence-corrected chi connectivity index (χ0v) is 15.7. The van der Waals surface area contributed by atoms with E-state index in [1.165, 1.54) is 17.7 Å². The molecule has 1 fully saturated rings. The molecular weight excluding hydrogens is 379 g/mol. The molecule has 4 rings (SSSR count). The SMILES string of the molecule is C=C1OC(CNC(C)=O)CN1c1ccc(-n2cc(Cn3ccnn3)nn2)c(F)c1. The van der Waals surface area contributed by atoms with E-state index >= 15 is 0 Å². The number of aromatic nitrogens is 6. The molecule has 2 aromatic heterocycles. The van der Waals surface area contributed by atoms with Crippen molar-refractivity contribution in [1.82, 2.24) is 35.3 Å². The highest BCUT2D eigenvalue weighted by molar-refractivity contribution is 5.72. The van der Waals surface area contributed by atoms with Crippen molar-refractivity contribution in [3.63, 3.8) is 0 Å². The van der Waals surface area contributed by atoms with Gasteiger partial charge in [0.25, 0.3) is 0 Å². The van der Waals surface area contributed by atoms with Crippen LogP contribution in [0.1, 0.15) is 12.6 Å².